The lowest BCUT2D eigenvalue weighted by Gasteiger charge is -2.22. The van der Waals surface area contributed by atoms with E-state index in [1.165, 1.54) is 23.9 Å². The average Bonchev–Trinajstić information content (AvgIpc) is 2.70. The Bertz CT molecular complexity index is 433. The Balaban J connectivity index is 1.91. The van der Waals surface area contributed by atoms with E-state index in [1.54, 1.807) is 6.07 Å². The second-order valence-corrected chi connectivity index (χ2v) is 4.89. The third kappa shape index (κ3) is 3.18. The van der Waals surface area contributed by atoms with Crippen molar-refractivity contribution in [3.8, 4) is 0 Å². The van der Waals surface area contributed by atoms with Crippen LogP contribution in [0.15, 0.2) is 6.07 Å². The summed E-state index contributed by atoms with van der Waals surface area (Å²) in [6.45, 7) is 1.93. The van der Waals surface area contributed by atoms with Crippen molar-refractivity contribution in [1.29, 1.82) is 0 Å². The van der Waals surface area contributed by atoms with Crippen molar-refractivity contribution in [2.24, 2.45) is 0 Å². The Kier molecular flexibility index (Phi) is 4.12. The molecule has 18 heavy (non-hydrogen) atoms. The molecule has 5 heteroatoms. The zero-order valence-electron chi connectivity index (χ0n) is 10.7. The van der Waals surface area contributed by atoms with Crippen LogP contribution in [0.2, 0.25) is 0 Å². The molecule has 0 aliphatic heterocycles. The van der Waals surface area contributed by atoms with Gasteiger partial charge in [0, 0.05) is 6.04 Å². The first-order valence-electron chi connectivity index (χ1n) is 6.48. The van der Waals surface area contributed by atoms with Crippen molar-refractivity contribution in [3.63, 3.8) is 0 Å². The summed E-state index contributed by atoms with van der Waals surface area (Å²) in [6, 6.07) is 1.98. The second-order valence-electron chi connectivity index (χ2n) is 4.89. The van der Waals surface area contributed by atoms with Crippen LogP contribution < -0.4 is 5.32 Å². The molecule has 1 aliphatic carbocycles. The highest BCUT2D eigenvalue weighted by atomic mass is 16.2. The van der Waals surface area contributed by atoms with E-state index in [1.807, 2.05) is 6.92 Å². The average molecular weight is 249 g/mol. The summed E-state index contributed by atoms with van der Waals surface area (Å²) in [7, 11) is 0. The lowest BCUT2D eigenvalue weighted by atomic mass is 9.95. The first kappa shape index (κ1) is 12.8. The molecular formula is C13H19N3O2. The number of carbonyl (C=O) groups is 2. The van der Waals surface area contributed by atoms with Gasteiger partial charge in [0.15, 0.2) is 6.29 Å². The van der Waals surface area contributed by atoms with Crippen LogP contribution in [-0.2, 0) is 11.3 Å². The number of nitrogens with one attached hydrogen (secondary N) is 1. The van der Waals surface area contributed by atoms with Gasteiger partial charge in [-0.3, -0.25) is 14.3 Å². The molecule has 1 heterocycles. The van der Waals surface area contributed by atoms with Crippen molar-refractivity contribution in [2.75, 3.05) is 0 Å². The number of rotatable bonds is 4. The van der Waals surface area contributed by atoms with Crippen molar-refractivity contribution in [3.05, 3.63) is 17.5 Å². The van der Waals surface area contributed by atoms with Crippen LogP contribution in [0.4, 0.5) is 0 Å². The summed E-state index contributed by atoms with van der Waals surface area (Å²) < 4.78 is 1.46. The molecule has 0 saturated heterocycles. The molecule has 98 valence electrons. The van der Waals surface area contributed by atoms with Gasteiger partial charge in [-0.15, -0.1) is 0 Å². The van der Waals surface area contributed by atoms with Gasteiger partial charge in [-0.05, 0) is 25.8 Å². The van der Waals surface area contributed by atoms with Crippen molar-refractivity contribution in [2.45, 2.75) is 51.6 Å². The fourth-order valence-corrected chi connectivity index (χ4v) is 2.44. The first-order valence-corrected chi connectivity index (χ1v) is 6.48. The highest BCUT2D eigenvalue weighted by Crippen LogP contribution is 2.17. The minimum absolute atomic E-state index is 0.0619. The van der Waals surface area contributed by atoms with E-state index in [-0.39, 0.29) is 12.5 Å². The summed E-state index contributed by atoms with van der Waals surface area (Å²) in [5, 5.41) is 7.15. The Morgan fingerprint density at radius 1 is 1.50 bits per heavy atom. The quantitative estimate of drug-likeness (QED) is 0.821. The SMILES string of the molecule is Cc1cc(C=O)n(CC(=O)NC2CCCCC2)n1. The molecule has 0 radical (unpaired) electrons. The van der Waals surface area contributed by atoms with E-state index in [4.69, 9.17) is 0 Å². The summed E-state index contributed by atoms with van der Waals surface area (Å²) in [5.41, 5.74) is 1.20. The summed E-state index contributed by atoms with van der Waals surface area (Å²) in [4.78, 5) is 22.7. The molecule has 1 amide bonds. The summed E-state index contributed by atoms with van der Waals surface area (Å²) in [6.07, 6.45) is 6.49. The number of hydrogen-bond acceptors (Lipinski definition) is 3. The molecule has 1 saturated carbocycles. The summed E-state index contributed by atoms with van der Waals surface area (Å²) in [5.74, 6) is -0.0619. The molecule has 0 atom stereocenters. The lowest BCUT2D eigenvalue weighted by Crippen LogP contribution is -2.38. The van der Waals surface area contributed by atoms with Gasteiger partial charge in [0.1, 0.15) is 12.2 Å². The first-order chi connectivity index (χ1) is 8.69. The van der Waals surface area contributed by atoms with E-state index in [2.05, 4.69) is 10.4 Å². The monoisotopic (exact) mass is 249 g/mol. The van der Waals surface area contributed by atoms with E-state index in [9.17, 15) is 9.59 Å². The molecule has 1 fully saturated rings. The van der Waals surface area contributed by atoms with E-state index < -0.39 is 0 Å². The van der Waals surface area contributed by atoms with E-state index >= 15 is 0 Å². The van der Waals surface area contributed by atoms with Crippen molar-refractivity contribution in [1.82, 2.24) is 15.1 Å². The maximum Gasteiger partial charge on any atom is 0.241 e. The number of aromatic nitrogens is 2. The van der Waals surface area contributed by atoms with Crippen molar-refractivity contribution < 1.29 is 9.59 Å². The molecule has 1 aliphatic rings. The number of aldehydes is 1. The number of hydrogen-bond donors (Lipinski definition) is 1. The van der Waals surface area contributed by atoms with Gasteiger partial charge < -0.3 is 5.32 Å². The smallest absolute Gasteiger partial charge is 0.241 e. The largest absolute Gasteiger partial charge is 0.352 e. The number of carbonyl (C=O) groups excluding carboxylic acids is 2. The third-order valence-corrected chi connectivity index (χ3v) is 3.32. The fourth-order valence-electron chi connectivity index (χ4n) is 2.44. The van der Waals surface area contributed by atoms with Gasteiger partial charge in [0.2, 0.25) is 5.91 Å². The molecule has 2 rings (SSSR count). The normalized spacial score (nSPS) is 16.5. The number of amides is 1. The Labute approximate surface area is 107 Å². The molecule has 0 bridgehead atoms. The molecule has 0 unspecified atom stereocenters. The molecule has 5 nitrogen and oxygen atoms in total. The van der Waals surface area contributed by atoms with Gasteiger partial charge in [0.25, 0.3) is 0 Å². The topological polar surface area (TPSA) is 64.0 Å². The molecule has 1 aromatic heterocycles. The summed E-state index contributed by atoms with van der Waals surface area (Å²) >= 11 is 0. The van der Waals surface area contributed by atoms with Crippen LogP contribution in [0.1, 0.15) is 48.3 Å². The van der Waals surface area contributed by atoms with Crippen LogP contribution in [0, 0.1) is 6.92 Å². The minimum Gasteiger partial charge on any atom is -0.352 e. The van der Waals surface area contributed by atoms with Gasteiger partial charge in [-0.1, -0.05) is 19.3 Å². The maximum atomic E-state index is 11.9. The standard InChI is InChI=1S/C13H19N3O2/c1-10-7-12(9-17)16(15-10)8-13(18)14-11-5-3-2-4-6-11/h7,9,11H,2-6,8H2,1H3,(H,14,18). The Hall–Kier alpha value is -1.65. The lowest BCUT2D eigenvalue weighted by molar-refractivity contribution is -0.122. The van der Waals surface area contributed by atoms with Crippen LogP contribution in [0.3, 0.4) is 0 Å². The third-order valence-electron chi connectivity index (χ3n) is 3.32. The maximum absolute atomic E-state index is 11.9. The molecular weight excluding hydrogens is 230 g/mol. The zero-order chi connectivity index (χ0) is 13.0. The molecule has 0 spiro atoms. The minimum atomic E-state index is -0.0619. The van der Waals surface area contributed by atoms with Crippen molar-refractivity contribution >= 4 is 12.2 Å². The molecule has 1 N–H and O–H groups in total. The highest BCUT2D eigenvalue weighted by Gasteiger charge is 2.16. The fraction of sp³-hybridized carbons (Fsp3) is 0.615. The number of nitrogens with zero attached hydrogens (tertiary/aromatic N) is 2. The predicted octanol–water partition coefficient (Wildman–Crippen LogP) is 1.45. The van der Waals surface area contributed by atoms with E-state index in [0.29, 0.717) is 11.7 Å². The Morgan fingerprint density at radius 3 is 2.89 bits per heavy atom. The van der Waals surface area contributed by atoms with Gasteiger partial charge in [0.05, 0.1) is 5.69 Å². The van der Waals surface area contributed by atoms with Crippen LogP contribution in [-0.4, -0.2) is 28.0 Å². The Morgan fingerprint density at radius 2 is 2.22 bits per heavy atom. The van der Waals surface area contributed by atoms with Gasteiger partial charge >= 0.3 is 0 Å². The zero-order valence-corrected chi connectivity index (χ0v) is 10.7. The number of aryl methyl sites for hydroxylation is 1. The van der Waals surface area contributed by atoms with Gasteiger partial charge in [-0.2, -0.15) is 5.10 Å². The van der Waals surface area contributed by atoms with Gasteiger partial charge in [-0.25, -0.2) is 0 Å². The van der Waals surface area contributed by atoms with Crippen LogP contribution in [0.25, 0.3) is 0 Å². The molecule has 0 aromatic carbocycles. The van der Waals surface area contributed by atoms with Crippen LogP contribution in [0.5, 0.6) is 0 Å². The van der Waals surface area contributed by atoms with Crippen LogP contribution >= 0.6 is 0 Å². The molecule has 1 aromatic rings. The highest BCUT2D eigenvalue weighted by molar-refractivity contribution is 5.78. The predicted molar refractivity (Wildman–Crippen MR) is 67.4 cm³/mol. The van der Waals surface area contributed by atoms with E-state index in [0.717, 1.165) is 24.8 Å². The second kappa shape index (κ2) is 5.80.